The molecule has 0 amide bonds. The minimum atomic E-state index is -3.45. The minimum Gasteiger partial charge on any atom is -0.378 e. The predicted octanol–water partition coefficient (Wildman–Crippen LogP) is 0.993. The lowest BCUT2D eigenvalue weighted by molar-refractivity contribution is 0.105. The van der Waals surface area contributed by atoms with Crippen molar-refractivity contribution in [2.45, 2.75) is 36.8 Å². The van der Waals surface area contributed by atoms with Crippen LogP contribution in [0.3, 0.4) is 0 Å². The van der Waals surface area contributed by atoms with E-state index in [2.05, 4.69) is 4.72 Å². The summed E-state index contributed by atoms with van der Waals surface area (Å²) < 4.78 is 32.2. The van der Waals surface area contributed by atoms with Crippen molar-refractivity contribution < 1.29 is 13.2 Å². The lowest BCUT2D eigenvalue weighted by Crippen LogP contribution is -2.27. The first kappa shape index (κ1) is 14.5. The fraction of sp³-hybridized carbons (Fsp3) is 0.538. The number of hydrogen-bond donors (Lipinski definition) is 2. The highest BCUT2D eigenvalue weighted by molar-refractivity contribution is 7.89. The van der Waals surface area contributed by atoms with Gasteiger partial charge in [-0.15, -0.1) is 0 Å². The zero-order chi connectivity index (χ0) is 13.7. The third-order valence-electron chi connectivity index (χ3n) is 3.23. The molecular weight excluding hydrogens is 264 g/mol. The van der Waals surface area contributed by atoms with Gasteiger partial charge in [0.05, 0.1) is 11.0 Å². The summed E-state index contributed by atoms with van der Waals surface area (Å²) >= 11 is 0. The molecule has 1 atom stereocenters. The topological polar surface area (TPSA) is 81.4 Å². The molecule has 1 unspecified atom stereocenters. The lowest BCUT2D eigenvalue weighted by atomic mass is 10.2. The molecule has 19 heavy (non-hydrogen) atoms. The van der Waals surface area contributed by atoms with Gasteiger partial charge in [-0.3, -0.25) is 0 Å². The fourth-order valence-electron chi connectivity index (χ4n) is 2.15. The van der Waals surface area contributed by atoms with E-state index in [9.17, 15) is 8.42 Å². The molecule has 1 aromatic rings. The van der Waals surface area contributed by atoms with E-state index < -0.39 is 10.0 Å². The van der Waals surface area contributed by atoms with Gasteiger partial charge < -0.3 is 10.5 Å². The first-order valence-corrected chi connectivity index (χ1v) is 8.00. The van der Waals surface area contributed by atoms with Crippen LogP contribution in [0, 0.1) is 0 Å². The van der Waals surface area contributed by atoms with Crippen LogP contribution < -0.4 is 10.5 Å². The van der Waals surface area contributed by atoms with Gasteiger partial charge in [0, 0.05) is 19.7 Å². The van der Waals surface area contributed by atoms with E-state index in [0.717, 1.165) is 31.4 Å². The maximum absolute atomic E-state index is 12.1. The van der Waals surface area contributed by atoms with E-state index >= 15 is 0 Å². The number of sulfonamides is 1. The number of hydrogen-bond acceptors (Lipinski definition) is 4. The Balaban J connectivity index is 1.93. The van der Waals surface area contributed by atoms with Crippen LogP contribution in [-0.2, 0) is 21.3 Å². The number of nitrogens with two attached hydrogens (primary N) is 1. The molecule has 6 heteroatoms. The van der Waals surface area contributed by atoms with Gasteiger partial charge in [-0.1, -0.05) is 12.1 Å². The van der Waals surface area contributed by atoms with E-state index in [1.807, 2.05) is 6.07 Å². The molecule has 5 nitrogen and oxygen atoms in total. The van der Waals surface area contributed by atoms with Crippen molar-refractivity contribution in [3.05, 3.63) is 29.8 Å². The van der Waals surface area contributed by atoms with Gasteiger partial charge in [-0.05, 0) is 37.0 Å². The molecule has 0 aliphatic carbocycles. The summed E-state index contributed by atoms with van der Waals surface area (Å²) in [6.07, 6.45) is 2.99. The van der Waals surface area contributed by atoms with Gasteiger partial charge in [-0.2, -0.15) is 0 Å². The molecule has 3 N–H and O–H groups in total. The largest absolute Gasteiger partial charge is 0.378 e. The van der Waals surface area contributed by atoms with Crippen LogP contribution in [0.2, 0.25) is 0 Å². The van der Waals surface area contributed by atoms with E-state index in [1.54, 1.807) is 18.2 Å². The number of ether oxygens (including phenoxy) is 1. The molecule has 0 spiro atoms. The van der Waals surface area contributed by atoms with Crippen LogP contribution in [0.4, 0.5) is 0 Å². The Morgan fingerprint density at radius 2 is 2.26 bits per heavy atom. The Labute approximate surface area is 114 Å². The van der Waals surface area contributed by atoms with Crippen molar-refractivity contribution >= 4 is 10.0 Å². The summed E-state index contributed by atoms with van der Waals surface area (Å²) in [6, 6.07) is 6.70. The van der Waals surface area contributed by atoms with E-state index in [4.69, 9.17) is 10.5 Å². The molecule has 1 fully saturated rings. The van der Waals surface area contributed by atoms with Crippen molar-refractivity contribution in [2.75, 3.05) is 13.2 Å². The van der Waals surface area contributed by atoms with Gasteiger partial charge in [0.25, 0.3) is 0 Å². The molecule has 2 rings (SSSR count). The average Bonchev–Trinajstić information content (AvgIpc) is 2.92. The standard InChI is InChI=1S/C13H20N2O3S/c14-10-11-3-1-5-13(9-11)19(16,17)15-7-6-12-4-2-8-18-12/h1,3,5,9,12,15H,2,4,6-8,10,14H2. The number of nitrogens with one attached hydrogen (secondary N) is 1. The molecule has 1 aliphatic rings. The van der Waals surface area contributed by atoms with Gasteiger partial charge in [0.15, 0.2) is 0 Å². The van der Waals surface area contributed by atoms with Crippen molar-refractivity contribution in [1.29, 1.82) is 0 Å². The summed E-state index contributed by atoms with van der Waals surface area (Å²) in [6.45, 7) is 1.52. The smallest absolute Gasteiger partial charge is 0.240 e. The summed E-state index contributed by atoms with van der Waals surface area (Å²) in [5.74, 6) is 0. The number of benzene rings is 1. The highest BCUT2D eigenvalue weighted by Gasteiger charge is 2.18. The first-order valence-electron chi connectivity index (χ1n) is 6.52. The van der Waals surface area contributed by atoms with Crippen LogP contribution in [0.15, 0.2) is 29.2 Å². The normalized spacial score (nSPS) is 19.7. The van der Waals surface area contributed by atoms with Crippen LogP contribution in [-0.4, -0.2) is 27.7 Å². The maximum atomic E-state index is 12.1. The Kier molecular flexibility index (Phi) is 4.93. The van der Waals surface area contributed by atoms with E-state index in [0.29, 0.717) is 13.1 Å². The Morgan fingerprint density at radius 1 is 1.42 bits per heavy atom. The van der Waals surface area contributed by atoms with Crippen LogP contribution in [0.5, 0.6) is 0 Å². The second-order valence-corrected chi connectivity index (χ2v) is 6.44. The second kappa shape index (κ2) is 6.47. The molecule has 1 aliphatic heterocycles. The molecule has 0 radical (unpaired) electrons. The first-order chi connectivity index (χ1) is 9.12. The fourth-order valence-corrected chi connectivity index (χ4v) is 3.27. The zero-order valence-electron chi connectivity index (χ0n) is 10.8. The summed E-state index contributed by atoms with van der Waals surface area (Å²) in [7, 11) is -3.45. The van der Waals surface area contributed by atoms with Crippen LogP contribution in [0.25, 0.3) is 0 Å². The SMILES string of the molecule is NCc1cccc(S(=O)(=O)NCCC2CCCO2)c1. The monoisotopic (exact) mass is 284 g/mol. The maximum Gasteiger partial charge on any atom is 0.240 e. The quantitative estimate of drug-likeness (QED) is 0.816. The van der Waals surface area contributed by atoms with E-state index in [1.165, 1.54) is 0 Å². The second-order valence-electron chi connectivity index (χ2n) is 4.67. The Hall–Kier alpha value is -0.950. The van der Waals surface area contributed by atoms with Crippen molar-refractivity contribution in [3.8, 4) is 0 Å². The van der Waals surface area contributed by atoms with Crippen molar-refractivity contribution in [2.24, 2.45) is 5.73 Å². The van der Waals surface area contributed by atoms with Crippen molar-refractivity contribution in [3.63, 3.8) is 0 Å². The molecule has 0 aromatic heterocycles. The van der Waals surface area contributed by atoms with Crippen LogP contribution >= 0.6 is 0 Å². The number of rotatable bonds is 6. The highest BCUT2D eigenvalue weighted by Crippen LogP contribution is 2.15. The molecule has 106 valence electrons. The minimum absolute atomic E-state index is 0.193. The summed E-state index contributed by atoms with van der Waals surface area (Å²) in [4.78, 5) is 0.266. The summed E-state index contributed by atoms with van der Waals surface area (Å²) in [5, 5.41) is 0. The Bertz CT molecular complexity index is 510. The predicted molar refractivity (Wildman–Crippen MR) is 73.1 cm³/mol. The molecule has 1 heterocycles. The molecule has 1 aromatic carbocycles. The molecule has 0 saturated carbocycles. The lowest BCUT2D eigenvalue weighted by Gasteiger charge is -2.11. The highest BCUT2D eigenvalue weighted by atomic mass is 32.2. The van der Waals surface area contributed by atoms with Gasteiger partial charge >= 0.3 is 0 Å². The van der Waals surface area contributed by atoms with Gasteiger partial charge in [0.2, 0.25) is 10.0 Å². The zero-order valence-corrected chi connectivity index (χ0v) is 11.7. The van der Waals surface area contributed by atoms with E-state index in [-0.39, 0.29) is 11.0 Å². The third kappa shape index (κ3) is 4.01. The molecular formula is C13H20N2O3S. The van der Waals surface area contributed by atoms with Crippen LogP contribution in [0.1, 0.15) is 24.8 Å². The van der Waals surface area contributed by atoms with Gasteiger partial charge in [-0.25, -0.2) is 13.1 Å². The summed E-state index contributed by atoms with van der Waals surface area (Å²) in [5.41, 5.74) is 6.32. The Morgan fingerprint density at radius 3 is 2.95 bits per heavy atom. The van der Waals surface area contributed by atoms with Crippen molar-refractivity contribution in [1.82, 2.24) is 4.72 Å². The average molecular weight is 284 g/mol. The third-order valence-corrected chi connectivity index (χ3v) is 4.69. The molecule has 0 bridgehead atoms. The molecule has 1 saturated heterocycles. The van der Waals surface area contributed by atoms with Gasteiger partial charge in [0.1, 0.15) is 0 Å².